The van der Waals surface area contributed by atoms with Crippen LogP contribution in [0, 0.1) is 0 Å². The second-order valence-corrected chi connectivity index (χ2v) is 16.1. The van der Waals surface area contributed by atoms with Crippen LogP contribution in [0.2, 0.25) is 0 Å². The molecule has 1 aliphatic rings. The summed E-state index contributed by atoms with van der Waals surface area (Å²) in [7, 11) is 0. The molecule has 3 heteroatoms. The van der Waals surface area contributed by atoms with Crippen molar-refractivity contribution in [2.75, 3.05) is 0 Å². The van der Waals surface area contributed by atoms with Crippen LogP contribution >= 0.6 is 11.3 Å². The largest absolute Gasteiger partial charge is 0.309 e. The van der Waals surface area contributed by atoms with Gasteiger partial charge in [-0.05, 0) is 107 Å². The van der Waals surface area contributed by atoms with E-state index in [9.17, 15) is 0 Å². The summed E-state index contributed by atoms with van der Waals surface area (Å²) in [4.78, 5) is 5.40. The van der Waals surface area contributed by atoms with Crippen LogP contribution in [0.5, 0.6) is 0 Å². The molecule has 2 nitrogen and oxygen atoms in total. The van der Waals surface area contributed by atoms with Gasteiger partial charge in [0.2, 0.25) is 0 Å². The van der Waals surface area contributed by atoms with Crippen LogP contribution in [0.1, 0.15) is 29.5 Å². The molecule has 0 radical (unpaired) electrons. The number of hydrogen-bond donors (Lipinski definition) is 0. The SMILES string of the molecule is C1=C(c2cccc(-c3cccc4sc5ccc(-c6ccc7c(c6)c6ccccc6n7-c6ccccc6)cc5c34)c2)/N=C(c2ccccc2)\C=C(\c2ccccc2)CC\1. The monoisotopic (exact) mass is 758 g/mol. The first-order valence-electron chi connectivity index (χ1n) is 20.0. The van der Waals surface area contributed by atoms with E-state index in [4.69, 9.17) is 4.99 Å². The van der Waals surface area contributed by atoms with Crippen LogP contribution in [0.25, 0.3) is 81.2 Å². The van der Waals surface area contributed by atoms with E-state index in [1.54, 1.807) is 0 Å². The molecule has 10 aromatic rings. The zero-order chi connectivity index (χ0) is 38.4. The zero-order valence-electron chi connectivity index (χ0n) is 31.8. The van der Waals surface area contributed by atoms with E-state index in [0.29, 0.717) is 0 Å². The summed E-state index contributed by atoms with van der Waals surface area (Å²) in [5.74, 6) is 0. The van der Waals surface area contributed by atoms with Gasteiger partial charge in [0, 0.05) is 47.8 Å². The summed E-state index contributed by atoms with van der Waals surface area (Å²) in [6.45, 7) is 0. The van der Waals surface area contributed by atoms with Gasteiger partial charge in [0.25, 0.3) is 0 Å². The van der Waals surface area contributed by atoms with Gasteiger partial charge in [-0.25, -0.2) is 4.99 Å². The van der Waals surface area contributed by atoms with Crippen LogP contribution in [-0.2, 0) is 0 Å². The molecule has 0 aliphatic carbocycles. The zero-order valence-corrected chi connectivity index (χ0v) is 32.7. The van der Waals surface area contributed by atoms with Gasteiger partial charge in [0.1, 0.15) is 0 Å². The van der Waals surface area contributed by atoms with E-state index in [0.717, 1.165) is 35.4 Å². The molecule has 1 aliphatic heterocycles. The van der Waals surface area contributed by atoms with Gasteiger partial charge in [-0.1, -0.05) is 146 Å². The van der Waals surface area contributed by atoms with Crippen molar-refractivity contribution in [2.45, 2.75) is 12.8 Å². The average molecular weight is 759 g/mol. The molecule has 0 unspecified atom stereocenters. The minimum Gasteiger partial charge on any atom is -0.309 e. The van der Waals surface area contributed by atoms with E-state index in [1.165, 1.54) is 81.1 Å². The lowest BCUT2D eigenvalue weighted by Gasteiger charge is -2.15. The maximum absolute atomic E-state index is 5.40. The Kier molecular flexibility index (Phi) is 8.53. The topological polar surface area (TPSA) is 17.3 Å². The van der Waals surface area contributed by atoms with Crippen molar-refractivity contribution in [3.63, 3.8) is 0 Å². The van der Waals surface area contributed by atoms with Crippen LogP contribution in [0.4, 0.5) is 0 Å². The number of nitrogens with zero attached hydrogens (tertiary/aromatic N) is 2. The highest BCUT2D eigenvalue weighted by Crippen LogP contribution is 2.43. The Balaban J connectivity index is 1.01. The third-order valence-electron chi connectivity index (χ3n) is 11.5. The minimum atomic E-state index is 0.915. The van der Waals surface area contributed by atoms with Crippen molar-refractivity contribution in [3.05, 3.63) is 223 Å². The van der Waals surface area contributed by atoms with E-state index >= 15 is 0 Å². The molecule has 58 heavy (non-hydrogen) atoms. The van der Waals surface area contributed by atoms with Crippen molar-refractivity contribution in [1.29, 1.82) is 0 Å². The molecular formula is C55H38N2S. The number of para-hydroxylation sites is 2. The molecule has 2 aromatic heterocycles. The number of allylic oxidation sites excluding steroid dienone is 3. The molecule has 0 N–H and O–H groups in total. The first kappa shape index (κ1) is 34.2. The molecule has 0 atom stereocenters. The molecule has 0 saturated heterocycles. The van der Waals surface area contributed by atoms with Gasteiger partial charge >= 0.3 is 0 Å². The Bertz CT molecular complexity index is 3250. The molecule has 0 saturated carbocycles. The first-order valence-corrected chi connectivity index (χ1v) is 20.8. The minimum absolute atomic E-state index is 0.915. The van der Waals surface area contributed by atoms with Crippen molar-refractivity contribution >= 4 is 70.3 Å². The van der Waals surface area contributed by atoms with Gasteiger partial charge < -0.3 is 4.57 Å². The number of aromatic nitrogens is 1. The predicted molar refractivity (Wildman–Crippen MR) is 249 cm³/mol. The highest BCUT2D eigenvalue weighted by molar-refractivity contribution is 7.26. The van der Waals surface area contributed by atoms with Crippen LogP contribution in [0.3, 0.4) is 0 Å². The number of fused-ring (bicyclic) bond motifs is 6. The standard InChI is InChI=1S/C55H38N2S/c1-4-15-37(16-5-1)39-19-13-26-49(56-50(36-39)38-17-6-2-7-18-38)43-21-12-20-42(33-43)45-25-14-28-54-55(45)48-35-41(30-32-53(48)58-54)40-29-31-52-47(34-40)46-24-10-11-27-51(46)57(52)44-22-8-3-9-23-44/h1-12,14-18,20-36H,13,19H2/b39-36+,49-26-,56-50+. The molecule has 8 aromatic carbocycles. The lowest BCUT2D eigenvalue weighted by atomic mass is 9.94. The molecule has 0 bridgehead atoms. The van der Waals surface area contributed by atoms with Crippen molar-refractivity contribution < 1.29 is 0 Å². The summed E-state index contributed by atoms with van der Waals surface area (Å²) >= 11 is 1.87. The lowest BCUT2D eigenvalue weighted by Crippen LogP contribution is -2.02. The fraction of sp³-hybridized carbons (Fsp3) is 0.0364. The third kappa shape index (κ3) is 6.08. The van der Waals surface area contributed by atoms with Crippen molar-refractivity contribution in [3.8, 4) is 27.9 Å². The number of rotatable bonds is 6. The van der Waals surface area contributed by atoms with Crippen molar-refractivity contribution in [1.82, 2.24) is 4.57 Å². The van der Waals surface area contributed by atoms with Crippen LogP contribution in [-0.4, -0.2) is 10.3 Å². The Labute approximate surface area is 342 Å². The Morgan fingerprint density at radius 2 is 1.10 bits per heavy atom. The smallest absolute Gasteiger partial charge is 0.0712 e. The summed E-state index contributed by atoms with van der Waals surface area (Å²) in [6, 6.07) is 70.4. The summed E-state index contributed by atoms with van der Waals surface area (Å²) in [5.41, 5.74) is 15.3. The number of aliphatic imine (C=N–C) groups is 1. The van der Waals surface area contributed by atoms with Gasteiger partial charge in [-0.15, -0.1) is 11.3 Å². The average Bonchev–Trinajstić information content (AvgIpc) is 3.83. The van der Waals surface area contributed by atoms with Gasteiger partial charge in [0.15, 0.2) is 0 Å². The van der Waals surface area contributed by atoms with E-state index in [2.05, 4.69) is 211 Å². The van der Waals surface area contributed by atoms with E-state index in [-0.39, 0.29) is 0 Å². The Hall–Kier alpha value is -7.07. The Morgan fingerprint density at radius 1 is 0.448 bits per heavy atom. The van der Waals surface area contributed by atoms with Gasteiger partial charge in [-0.3, -0.25) is 0 Å². The molecule has 11 rings (SSSR count). The maximum atomic E-state index is 5.40. The van der Waals surface area contributed by atoms with Crippen LogP contribution in [0.15, 0.2) is 211 Å². The molecule has 0 fully saturated rings. The number of thiophene rings is 1. The van der Waals surface area contributed by atoms with E-state index in [1.807, 2.05) is 11.3 Å². The summed E-state index contributed by atoms with van der Waals surface area (Å²) in [5, 5.41) is 5.12. The van der Waals surface area contributed by atoms with Crippen molar-refractivity contribution in [2.24, 2.45) is 4.99 Å². The molecule has 0 amide bonds. The third-order valence-corrected chi connectivity index (χ3v) is 12.6. The lowest BCUT2D eigenvalue weighted by molar-refractivity contribution is 1.06. The molecule has 0 spiro atoms. The van der Waals surface area contributed by atoms with Gasteiger partial charge in [-0.2, -0.15) is 0 Å². The summed E-state index contributed by atoms with van der Waals surface area (Å²) in [6.07, 6.45) is 6.47. The fourth-order valence-electron chi connectivity index (χ4n) is 8.73. The molecule has 274 valence electrons. The second kappa shape index (κ2) is 14.5. The fourth-order valence-corrected chi connectivity index (χ4v) is 9.84. The van der Waals surface area contributed by atoms with Crippen LogP contribution < -0.4 is 0 Å². The molecular weight excluding hydrogens is 721 g/mol. The predicted octanol–water partition coefficient (Wildman–Crippen LogP) is 15.2. The molecule has 3 heterocycles. The van der Waals surface area contributed by atoms with Gasteiger partial charge in [0.05, 0.1) is 22.4 Å². The highest BCUT2D eigenvalue weighted by atomic mass is 32.1. The van der Waals surface area contributed by atoms with E-state index < -0.39 is 0 Å². The Morgan fingerprint density at radius 3 is 1.93 bits per heavy atom. The quantitative estimate of drug-likeness (QED) is 0.161. The number of hydrogen-bond acceptors (Lipinski definition) is 2. The normalized spacial score (nSPS) is 16.0. The number of benzene rings is 8. The highest BCUT2D eigenvalue weighted by Gasteiger charge is 2.17. The maximum Gasteiger partial charge on any atom is 0.0712 e. The summed E-state index contributed by atoms with van der Waals surface area (Å²) < 4.78 is 4.97. The first-order chi connectivity index (χ1) is 28.7. The second-order valence-electron chi connectivity index (χ2n) is 15.0.